The lowest BCUT2D eigenvalue weighted by atomic mass is 10.1. The number of aryl methyl sites for hydroxylation is 1. The molecule has 25 heavy (non-hydrogen) atoms. The van der Waals surface area contributed by atoms with Gasteiger partial charge in [0.1, 0.15) is 11.4 Å². The number of aromatic nitrogens is 2. The number of nitrogens with zero attached hydrogens (tertiary/aromatic N) is 3. The number of hydrogen-bond acceptors (Lipinski definition) is 6. The van der Waals surface area contributed by atoms with Crippen molar-refractivity contribution in [1.29, 1.82) is 0 Å². The maximum Gasteiger partial charge on any atom is 0.259 e. The number of ether oxygens (including phenoxy) is 2. The van der Waals surface area contributed by atoms with E-state index in [2.05, 4.69) is 9.97 Å². The number of carbonyl (C=O) groups excluding carboxylic acids is 1. The van der Waals surface area contributed by atoms with Crippen LogP contribution >= 0.6 is 0 Å². The first kappa shape index (κ1) is 17.2. The van der Waals surface area contributed by atoms with Crippen molar-refractivity contribution >= 4 is 11.7 Å². The highest BCUT2D eigenvalue weighted by Crippen LogP contribution is 2.19. The fourth-order valence-electron chi connectivity index (χ4n) is 2.94. The van der Waals surface area contributed by atoms with Gasteiger partial charge in [-0.05, 0) is 42.7 Å². The molecule has 2 aromatic rings. The summed E-state index contributed by atoms with van der Waals surface area (Å²) in [6.07, 6.45) is 4.96. The van der Waals surface area contributed by atoms with Gasteiger partial charge in [-0.15, -0.1) is 0 Å². The second-order valence-corrected chi connectivity index (χ2v) is 5.93. The Labute approximate surface area is 146 Å². The molecule has 1 saturated heterocycles. The van der Waals surface area contributed by atoms with Gasteiger partial charge in [0.05, 0.1) is 19.8 Å². The van der Waals surface area contributed by atoms with Crippen LogP contribution in [0.4, 0.5) is 5.82 Å². The average molecular weight is 342 g/mol. The molecule has 0 saturated carbocycles. The number of nitrogens with two attached hydrogens (primary N) is 1. The molecule has 0 spiro atoms. The summed E-state index contributed by atoms with van der Waals surface area (Å²) in [6, 6.07) is 7.29. The van der Waals surface area contributed by atoms with E-state index < -0.39 is 0 Å². The lowest BCUT2D eigenvalue weighted by Crippen LogP contribution is -2.45. The van der Waals surface area contributed by atoms with E-state index in [9.17, 15) is 4.79 Å². The lowest BCUT2D eigenvalue weighted by molar-refractivity contribution is -0.0247. The summed E-state index contributed by atoms with van der Waals surface area (Å²) in [5, 5.41) is 0. The molecule has 1 aliphatic heterocycles. The maximum atomic E-state index is 12.8. The van der Waals surface area contributed by atoms with Crippen molar-refractivity contribution in [2.45, 2.75) is 18.9 Å². The van der Waals surface area contributed by atoms with Gasteiger partial charge in [-0.1, -0.05) is 0 Å². The Hall–Kier alpha value is -2.67. The van der Waals surface area contributed by atoms with E-state index in [4.69, 9.17) is 15.2 Å². The van der Waals surface area contributed by atoms with Gasteiger partial charge in [0, 0.05) is 25.5 Å². The zero-order valence-electron chi connectivity index (χ0n) is 14.2. The normalized spacial score (nSPS) is 17.3. The van der Waals surface area contributed by atoms with Crippen LogP contribution in [0, 0.1) is 0 Å². The summed E-state index contributed by atoms with van der Waals surface area (Å²) >= 11 is 0. The minimum Gasteiger partial charge on any atom is -0.480 e. The lowest BCUT2D eigenvalue weighted by Gasteiger charge is -2.33. The number of pyridine rings is 2. The Morgan fingerprint density at radius 1 is 1.40 bits per heavy atom. The molecule has 2 aromatic heterocycles. The van der Waals surface area contributed by atoms with Crippen LogP contribution in [0.2, 0.25) is 0 Å². The SMILES string of the molecule is COc1ncccc1C(=O)N1CCO[C@H](CCc2ccnc(N)c2)C1. The van der Waals surface area contributed by atoms with Crippen molar-refractivity contribution in [3.8, 4) is 5.88 Å². The zero-order chi connectivity index (χ0) is 17.6. The quantitative estimate of drug-likeness (QED) is 0.886. The smallest absolute Gasteiger partial charge is 0.259 e. The standard InChI is InChI=1S/C18H22N4O3/c1-24-17-15(3-2-7-21-17)18(23)22-9-10-25-14(12-22)5-4-13-6-8-20-16(19)11-13/h2-3,6-8,11,14H,4-5,9-10,12H2,1H3,(H2,19,20)/t14-/m1/s1. The van der Waals surface area contributed by atoms with Gasteiger partial charge in [-0.25, -0.2) is 9.97 Å². The van der Waals surface area contributed by atoms with Gasteiger partial charge >= 0.3 is 0 Å². The fraction of sp³-hybridized carbons (Fsp3) is 0.389. The summed E-state index contributed by atoms with van der Waals surface area (Å²) in [5.74, 6) is 0.789. The Morgan fingerprint density at radius 2 is 2.28 bits per heavy atom. The molecule has 2 N–H and O–H groups in total. The van der Waals surface area contributed by atoms with Crippen molar-refractivity contribution < 1.29 is 14.3 Å². The molecule has 0 aromatic carbocycles. The van der Waals surface area contributed by atoms with E-state index in [1.54, 1.807) is 29.4 Å². The van der Waals surface area contributed by atoms with Gasteiger partial charge in [-0.3, -0.25) is 4.79 Å². The van der Waals surface area contributed by atoms with Gasteiger partial charge in [0.15, 0.2) is 0 Å². The van der Waals surface area contributed by atoms with Gasteiger partial charge in [-0.2, -0.15) is 0 Å². The van der Waals surface area contributed by atoms with E-state index in [1.807, 2.05) is 12.1 Å². The van der Waals surface area contributed by atoms with Crippen LogP contribution in [0.5, 0.6) is 5.88 Å². The fourth-order valence-corrected chi connectivity index (χ4v) is 2.94. The molecule has 7 nitrogen and oxygen atoms in total. The number of morpholine rings is 1. The number of rotatable bonds is 5. The highest BCUT2D eigenvalue weighted by atomic mass is 16.5. The van der Waals surface area contributed by atoms with Gasteiger partial charge in [0.25, 0.3) is 5.91 Å². The van der Waals surface area contributed by atoms with Crippen molar-refractivity contribution in [1.82, 2.24) is 14.9 Å². The molecule has 1 aliphatic rings. The van der Waals surface area contributed by atoms with E-state index >= 15 is 0 Å². The number of methoxy groups -OCH3 is 1. The second kappa shape index (κ2) is 7.94. The van der Waals surface area contributed by atoms with Crippen LogP contribution in [-0.2, 0) is 11.2 Å². The minimum atomic E-state index is -0.0774. The van der Waals surface area contributed by atoms with Crippen molar-refractivity contribution in [2.24, 2.45) is 0 Å². The second-order valence-electron chi connectivity index (χ2n) is 5.93. The predicted octanol–water partition coefficient (Wildman–Crippen LogP) is 1.54. The summed E-state index contributed by atoms with van der Waals surface area (Å²) in [5.41, 5.74) is 7.31. The average Bonchev–Trinajstić information content (AvgIpc) is 2.66. The monoisotopic (exact) mass is 342 g/mol. The molecule has 7 heteroatoms. The van der Waals surface area contributed by atoms with Crippen LogP contribution in [0.3, 0.4) is 0 Å². The van der Waals surface area contributed by atoms with Gasteiger partial charge in [0.2, 0.25) is 5.88 Å². The van der Waals surface area contributed by atoms with Crippen molar-refractivity contribution in [3.05, 3.63) is 47.8 Å². The molecule has 1 amide bonds. The number of amides is 1. The molecular formula is C18H22N4O3. The molecule has 1 atom stereocenters. The molecule has 3 heterocycles. The van der Waals surface area contributed by atoms with E-state index in [0.29, 0.717) is 37.0 Å². The molecule has 0 aliphatic carbocycles. The number of anilines is 1. The molecular weight excluding hydrogens is 320 g/mol. The van der Waals surface area contributed by atoms with Crippen molar-refractivity contribution in [2.75, 3.05) is 32.5 Å². The topological polar surface area (TPSA) is 90.6 Å². The Bertz CT molecular complexity index is 738. The van der Waals surface area contributed by atoms with E-state index in [-0.39, 0.29) is 12.0 Å². The van der Waals surface area contributed by atoms with Gasteiger partial charge < -0.3 is 20.1 Å². The third-order valence-electron chi connectivity index (χ3n) is 4.22. The van der Waals surface area contributed by atoms with Crippen LogP contribution in [-0.4, -0.2) is 53.7 Å². The molecule has 1 fully saturated rings. The first-order valence-corrected chi connectivity index (χ1v) is 8.27. The molecule has 0 unspecified atom stereocenters. The summed E-state index contributed by atoms with van der Waals surface area (Å²) in [4.78, 5) is 22.7. The number of nitrogen functional groups attached to an aromatic ring is 1. The van der Waals surface area contributed by atoms with Crippen LogP contribution in [0.1, 0.15) is 22.3 Å². The molecule has 132 valence electrons. The van der Waals surface area contributed by atoms with Crippen molar-refractivity contribution in [3.63, 3.8) is 0 Å². The first-order chi connectivity index (χ1) is 12.2. The van der Waals surface area contributed by atoms with Crippen LogP contribution in [0.15, 0.2) is 36.7 Å². The Balaban J connectivity index is 1.61. The highest BCUT2D eigenvalue weighted by Gasteiger charge is 2.26. The summed E-state index contributed by atoms with van der Waals surface area (Å²) in [7, 11) is 1.52. The third-order valence-corrected chi connectivity index (χ3v) is 4.22. The molecule has 0 radical (unpaired) electrons. The van der Waals surface area contributed by atoms with E-state index in [0.717, 1.165) is 18.4 Å². The van der Waals surface area contributed by atoms with Crippen LogP contribution in [0.25, 0.3) is 0 Å². The Morgan fingerprint density at radius 3 is 3.08 bits per heavy atom. The predicted molar refractivity (Wildman–Crippen MR) is 93.4 cm³/mol. The molecule has 0 bridgehead atoms. The maximum absolute atomic E-state index is 12.8. The summed E-state index contributed by atoms with van der Waals surface area (Å²) in [6.45, 7) is 1.64. The summed E-state index contributed by atoms with van der Waals surface area (Å²) < 4.78 is 11.0. The largest absolute Gasteiger partial charge is 0.480 e. The van der Waals surface area contributed by atoms with E-state index in [1.165, 1.54) is 7.11 Å². The number of hydrogen-bond donors (Lipinski definition) is 1. The minimum absolute atomic E-state index is 0.00486. The molecule has 3 rings (SSSR count). The zero-order valence-corrected chi connectivity index (χ0v) is 14.2. The third kappa shape index (κ3) is 4.24. The Kier molecular flexibility index (Phi) is 5.45. The highest BCUT2D eigenvalue weighted by molar-refractivity contribution is 5.96. The van der Waals surface area contributed by atoms with Crippen LogP contribution < -0.4 is 10.5 Å². The first-order valence-electron chi connectivity index (χ1n) is 8.27. The number of carbonyl (C=O) groups is 1.